The molecule has 0 spiro atoms. The maximum Gasteiger partial charge on any atom is 0.326 e. The SMILES string of the molecule is Cc1c(Cl)cccc1OCC(=O)NC(CC(F)F)C(=O)O. The normalized spacial score (nSPS) is 12.0. The number of carbonyl (C=O) groups is 2. The van der Waals surface area contributed by atoms with E-state index in [0.29, 0.717) is 16.3 Å². The van der Waals surface area contributed by atoms with Crippen LogP contribution >= 0.6 is 11.6 Å². The molecule has 1 rings (SSSR count). The molecular formula is C13H14ClF2NO4. The van der Waals surface area contributed by atoms with Crippen molar-refractivity contribution in [1.82, 2.24) is 5.32 Å². The zero-order chi connectivity index (χ0) is 16.0. The Hall–Kier alpha value is -1.89. The van der Waals surface area contributed by atoms with Crippen LogP contribution in [0, 0.1) is 6.92 Å². The number of aliphatic carboxylic acids is 1. The molecule has 1 unspecified atom stereocenters. The minimum atomic E-state index is -2.83. The van der Waals surface area contributed by atoms with E-state index in [-0.39, 0.29) is 0 Å². The van der Waals surface area contributed by atoms with Crippen molar-refractivity contribution >= 4 is 23.5 Å². The summed E-state index contributed by atoms with van der Waals surface area (Å²) in [6.45, 7) is 1.20. The molecule has 1 aromatic carbocycles. The fraction of sp³-hybridized carbons (Fsp3) is 0.385. The fourth-order valence-electron chi connectivity index (χ4n) is 1.52. The van der Waals surface area contributed by atoms with Gasteiger partial charge in [0.05, 0.1) is 0 Å². The molecule has 2 N–H and O–H groups in total. The number of halogens is 3. The van der Waals surface area contributed by atoms with E-state index in [1.165, 1.54) is 0 Å². The topological polar surface area (TPSA) is 75.6 Å². The lowest BCUT2D eigenvalue weighted by molar-refractivity contribution is -0.143. The highest BCUT2D eigenvalue weighted by molar-refractivity contribution is 6.31. The van der Waals surface area contributed by atoms with Gasteiger partial charge in [0.15, 0.2) is 6.61 Å². The molecule has 0 radical (unpaired) electrons. The quantitative estimate of drug-likeness (QED) is 0.807. The summed E-state index contributed by atoms with van der Waals surface area (Å²) in [6, 6.07) is 3.20. The van der Waals surface area contributed by atoms with Crippen LogP contribution in [0.1, 0.15) is 12.0 Å². The molecule has 1 aromatic rings. The number of hydrogen-bond acceptors (Lipinski definition) is 3. The molecule has 0 aliphatic carbocycles. The molecule has 0 saturated heterocycles. The minimum absolute atomic E-state index is 0.360. The number of amides is 1. The number of rotatable bonds is 7. The van der Waals surface area contributed by atoms with Gasteiger partial charge in [-0.25, -0.2) is 13.6 Å². The second-order valence-corrected chi connectivity index (χ2v) is 4.64. The van der Waals surface area contributed by atoms with E-state index >= 15 is 0 Å². The zero-order valence-corrected chi connectivity index (χ0v) is 11.9. The van der Waals surface area contributed by atoms with Crippen LogP contribution in [0.3, 0.4) is 0 Å². The van der Waals surface area contributed by atoms with Crippen LogP contribution in [0.5, 0.6) is 5.75 Å². The van der Waals surface area contributed by atoms with Crippen molar-refractivity contribution < 1.29 is 28.2 Å². The van der Waals surface area contributed by atoms with Gasteiger partial charge >= 0.3 is 5.97 Å². The molecule has 5 nitrogen and oxygen atoms in total. The van der Waals surface area contributed by atoms with Gasteiger partial charge in [-0.15, -0.1) is 0 Å². The van der Waals surface area contributed by atoms with E-state index in [4.69, 9.17) is 21.4 Å². The minimum Gasteiger partial charge on any atom is -0.483 e. The molecule has 1 atom stereocenters. The number of benzene rings is 1. The Kier molecular flexibility index (Phi) is 6.36. The molecule has 1 amide bonds. The number of ether oxygens (including phenoxy) is 1. The second-order valence-electron chi connectivity index (χ2n) is 4.24. The van der Waals surface area contributed by atoms with Gasteiger partial charge in [0.2, 0.25) is 6.43 Å². The van der Waals surface area contributed by atoms with Crippen molar-refractivity contribution in [2.24, 2.45) is 0 Å². The zero-order valence-electron chi connectivity index (χ0n) is 11.1. The van der Waals surface area contributed by atoms with Crippen LogP contribution in [0.25, 0.3) is 0 Å². The number of carbonyl (C=O) groups excluding carboxylic acids is 1. The summed E-state index contributed by atoms with van der Waals surface area (Å²) in [4.78, 5) is 22.3. The van der Waals surface area contributed by atoms with Gasteiger partial charge in [-0.05, 0) is 19.1 Å². The molecule has 0 bridgehead atoms. The largest absolute Gasteiger partial charge is 0.483 e. The maximum atomic E-state index is 12.2. The fourth-order valence-corrected chi connectivity index (χ4v) is 1.69. The lowest BCUT2D eigenvalue weighted by Gasteiger charge is -2.15. The predicted octanol–water partition coefficient (Wildman–Crippen LogP) is 2.25. The highest BCUT2D eigenvalue weighted by Gasteiger charge is 2.24. The summed E-state index contributed by atoms with van der Waals surface area (Å²) in [7, 11) is 0. The van der Waals surface area contributed by atoms with Gasteiger partial charge in [-0.2, -0.15) is 0 Å². The summed E-state index contributed by atoms with van der Waals surface area (Å²) < 4.78 is 29.6. The molecule has 21 heavy (non-hydrogen) atoms. The molecule has 0 aromatic heterocycles. The van der Waals surface area contributed by atoms with Gasteiger partial charge in [0, 0.05) is 17.0 Å². The van der Waals surface area contributed by atoms with Crippen LogP contribution in [0.4, 0.5) is 8.78 Å². The third-order valence-corrected chi connectivity index (χ3v) is 3.03. The van der Waals surface area contributed by atoms with Gasteiger partial charge < -0.3 is 15.2 Å². The Morgan fingerprint density at radius 1 is 1.43 bits per heavy atom. The third-order valence-electron chi connectivity index (χ3n) is 2.62. The second kappa shape index (κ2) is 7.78. The van der Waals surface area contributed by atoms with Crippen molar-refractivity contribution in [2.75, 3.05) is 6.61 Å². The third kappa shape index (κ3) is 5.55. The van der Waals surface area contributed by atoms with E-state index in [1.807, 2.05) is 5.32 Å². The summed E-state index contributed by atoms with van der Waals surface area (Å²) in [5.74, 6) is -1.97. The molecule has 0 aliphatic rings. The number of alkyl halides is 2. The highest BCUT2D eigenvalue weighted by atomic mass is 35.5. The molecule has 0 saturated carbocycles. The van der Waals surface area contributed by atoms with E-state index in [1.54, 1.807) is 25.1 Å². The molecule has 0 fully saturated rings. The first-order valence-corrected chi connectivity index (χ1v) is 6.37. The Labute approximate surface area is 124 Å². The Morgan fingerprint density at radius 3 is 2.67 bits per heavy atom. The van der Waals surface area contributed by atoms with Crippen molar-refractivity contribution in [2.45, 2.75) is 25.8 Å². The van der Waals surface area contributed by atoms with Gasteiger partial charge in [-0.1, -0.05) is 17.7 Å². The molecule has 8 heteroatoms. The lowest BCUT2D eigenvalue weighted by atomic mass is 10.2. The van der Waals surface area contributed by atoms with Crippen molar-refractivity contribution in [1.29, 1.82) is 0 Å². The van der Waals surface area contributed by atoms with E-state index in [0.717, 1.165) is 0 Å². The van der Waals surface area contributed by atoms with Crippen molar-refractivity contribution in [3.8, 4) is 5.75 Å². The van der Waals surface area contributed by atoms with Crippen LogP contribution < -0.4 is 10.1 Å². The number of carboxylic acid groups (broad SMARTS) is 1. The molecule has 0 aliphatic heterocycles. The lowest BCUT2D eigenvalue weighted by Crippen LogP contribution is -2.44. The van der Waals surface area contributed by atoms with Crippen LogP contribution in [0.2, 0.25) is 5.02 Å². The number of hydrogen-bond donors (Lipinski definition) is 2. The smallest absolute Gasteiger partial charge is 0.326 e. The maximum absolute atomic E-state index is 12.2. The molecular weight excluding hydrogens is 308 g/mol. The molecule has 0 heterocycles. The Morgan fingerprint density at radius 2 is 2.10 bits per heavy atom. The average Bonchev–Trinajstić information content (AvgIpc) is 2.39. The number of carboxylic acids is 1. The summed E-state index contributed by atoms with van der Waals surface area (Å²) in [5, 5.41) is 11.2. The van der Waals surface area contributed by atoms with E-state index in [2.05, 4.69) is 0 Å². The average molecular weight is 322 g/mol. The van der Waals surface area contributed by atoms with Gasteiger partial charge in [0.25, 0.3) is 5.91 Å². The van der Waals surface area contributed by atoms with Crippen molar-refractivity contribution in [3.63, 3.8) is 0 Å². The monoisotopic (exact) mass is 321 g/mol. The summed E-state index contributed by atoms with van der Waals surface area (Å²) in [6.07, 6.45) is -3.79. The van der Waals surface area contributed by atoms with E-state index in [9.17, 15) is 18.4 Å². The first-order chi connectivity index (χ1) is 9.81. The Bertz CT molecular complexity index is 525. The standard InChI is InChI=1S/C13H14ClF2NO4/c1-7-8(14)3-2-4-10(7)21-6-12(18)17-9(13(19)20)5-11(15)16/h2-4,9,11H,5-6H2,1H3,(H,17,18)(H,19,20). The Balaban J connectivity index is 2.57. The first kappa shape index (κ1) is 17.2. The van der Waals surface area contributed by atoms with Crippen molar-refractivity contribution in [3.05, 3.63) is 28.8 Å². The highest BCUT2D eigenvalue weighted by Crippen LogP contribution is 2.24. The van der Waals surface area contributed by atoms with Gasteiger partial charge in [-0.3, -0.25) is 4.79 Å². The van der Waals surface area contributed by atoms with E-state index < -0.39 is 37.4 Å². The molecule has 116 valence electrons. The number of nitrogens with one attached hydrogen (secondary N) is 1. The van der Waals surface area contributed by atoms with Gasteiger partial charge in [0.1, 0.15) is 11.8 Å². The summed E-state index contributed by atoms with van der Waals surface area (Å²) >= 11 is 5.87. The van der Waals surface area contributed by atoms with Crippen LogP contribution in [0.15, 0.2) is 18.2 Å². The van der Waals surface area contributed by atoms with Crippen LogP contribution in [-0.2, 0) is 9.59 Å². The predicted molar refractivity (Wildman–Crippen MR) is 71.9 cm³/mol. The summed E-state index contributed by atoms with van der Waals surface area (Å²) in [5.41, 5.74) is 0.620. The van der Waals surface area contributed by atoms with Crippen LogP contribution in [-0.4, -0.2) is 36.1 Å². The first-order valence-electron chi connectivity index (χ1n) is 5.99.